The summed E-state index contributed by atoms with van der Waals surface area (Å²) in [6, 6.07) is 8.50. The normalized spacial score (nSPS) is 30.5. The highest BCUT2D eigenvalue weighted by atomic mass is 32.2. The highest BCUT2D eigenvalue weighted by Gasteiger charge is 2.41. The van der Waals surface area contributed by atoms with Gasteiger partial charge in [0, 0.05) is 30.6 Å². The van der Waals surface area contributed by atoms with E-state index >= 15 is 0 Å². The number of para-hydroxylation sites is 1. The number of rotatable bonds is 1. The van der Waals surface area contributed by atoms with Crippen molar-refractivity contribution >= 4 is 23.5 Å². The second-order valence-corrected chi connectivity index (χ2v) is 7.61. The van der Waals surface area contributed by atoms with Gasteiger partial charge in [0.1, 0.15) is 0 Å². The number of fused-ring (bicyclic) bond motifs is 1. The van der Waals surface area contributed by atoms with Crippen LogP contribution in [0.2, 0.25) is 0 Å². The lowest BCUT2D eigenvalue weighted by Crippen LogP contribution is -2.51. The summed E-state index contributed by atoms with van der Waals surface area (Å²) in [6.45, 7) is 1.55. The van der Waals surface area contributed by atoms with Crippen LogP contribution in [0.5, 0.6) is 0 Å². The van der Waals surface area contributed by atoms with Gasteiger partial charge in [-0.3, -0.25) is 4.90 Å². The van der Waals surface area contributed by atoms with Gasteiger partial charge in [-0.1, -0.05) is 18.2 Å². The second kappa shape index (κ2) is 5.78. The summed E-state index contributed by atoms with van der Waals surface area (Å²) < 4.78 is 6.03. The maximum Gasteiger partial charge on any atom is 0.322 e. The van der Waals surface area contributed by atoms with Gasteiger partial charge in [0.15, 0.2) is 0 Å². The molecule has 0 aromatic heterocycles. The minimum absolute atomic E-state index is 0.0176. The maximum atomic E-state index is 12.6. The van der Waals surface area contributed by atoms with Crippen molar-refractivity contribution in [3.8, 4) is 0 Å². The number of thioether (sulfide) groups is 1. The van der Waals surface area contributed by atoms with Crippen molar-refractivity contribution in [1.82, 2.24) is 5.32 Å². The third kappa shape index (κ3) is 2.61. The van der Waals surface area contributed by atoms with E-state index in [1.807, 2.05) is 34.9 Å². The van der Waals surface area contributed by atoms with Crippen molar-refractivity contribution in [2.24, 2.45) is 0 Å². The number of anilines is 1. The smallest absolute Gasteiger partial charge is 0.322 e. The van der Waals surface area contributed by atoms with Gasteiger partial charge in [0.2, 0.25) is 0 Å². The zero-order chi connectivity index (χ0) is 15.0. The molecule has 2 unspecified atom stereocenters. The van der Waals surface area contributed by atoms with Crippen LogP contribution < -0.4 is 10.2 Å². The van der Waals surface area contributed by atoms with E-state index in [-0.39, 0.29) is 17.7 Å². The Morgan fingerprint density at radius 1 is 1.41 bits per heavy atom. The van der Waals surface area contributed by atoms with Crippen LogP contribution in [0, 0.1) is 0 Å². The molecule has 118 valence electrons. The molecule has 5 heteroatoms. The Morgan fingerprint density at radius 3 is 3.18 bits per heavy atom. The molecule has 3 heterocycles. The Kier molecular flexibility index (Phi) is 3.78. The number of hydrogen-bond acceptors (Lipinski definition) is 3. The third-order valence-corrected chi connectivity index (χ3v) is 6.24. The van der Waals surface area contributed by atoms with Crippen LogP contribution in [0.1, 0.15) is 24.8 Å². The van der Waals surface area contributed by atoms with Gasteiger partial charge < -0.3 is 10.1 Å². The Morgan fingerprint density at radius 2 is 2.32 bits per heavy atom. The first-order valence-electron chi connectivity index (χ1n) is 8.13. The molecule has 2 saturated heterocycles. The summed E-state index contributed by atoms with van der Waals surface area (Å²) in [7, 11) is 0. The van der Waals surface area contributed by atoms with E-state index in [1.165, 1.54) is 11.3 Å². The average Bonchev–Trinajstić information content (AvgIpc) is 3.14. The number of hydrogen-bond donors (Lipinski definition) is 1. The average molecular weight is 318 g/mol. The molecule has 0 radical (unpaired) electrons. The molecule has 2 atom stereocenters. The van der Waals surface area contributed by atoms with E-state index in [0.29, 0.717) is 0 Å². The number of amides is 2. The van der Waals surface area contributed by atoms with Gasteiger partial charge in [-0.25, -0.2) is 4.79 Å². The number of carbonyl (C=O) groups excluding carboxylic acids is 1. The fraction of sp³-hybridized carbons (Fsp3) is 0.588. The van der Waals surface area contributed by atoms with Gasteiger partial charge >= 0.3 is 6.03 Å². The van der Waals surface area contributed by atoms with Crippen LogP contribution in [0.25, 0.3) is 0 Å². The summed E-state index contributed by atoms with van der Waals surface area (Å²) in [5.74, 6) is 2.26. The van der Waals surface area contributed by atoms with Crippen LogP contribution in [0.15, 0.2) is 24.3 Å². The largest absolute Gasteiger partial charge is 0.374 e. The van der Waals surface area contributed by atoms with Gasteiger partial charge in [-0.05, 0) is 43.1 Å². The molecular weight excluding hydrogens is 296 g/mol. The first-order valence-corrected chi connectivity index (χ1v) is 9.29. The van der Waals surface area contributed by atoms with E-state index < -0.39 is 0 Å². The van der Waals surface area contributed by atoms with Gasteiger partial charge in [-0.15, -0.1) is 0 Å². The predicted molar refractivity (Wildman–Crippen MR) is 89.7 cm³/mol. The van der Waals surface area contributed by atoms with Gasteiger partial charge in [0.25, 0.3) is 0 Å². The minimum atomic E-state index is 0.0176. The Hall–Kier alpha value is -1.20. The van der Waals surface area contributed by atoms with Crippen LogP contribution in [0.4, 0.5) is 10.5 Å². The topological polar surface area (TPSA) is 41.6 Å². The van der Waals surface area contributed by atoms with Crippen LogP contribution >= 0.6 is 11.8 Å². The Bertz CT molecular complexity index is 572. The third-order valence-electron chi connectivity index (χ3n) is 5.02. The van der Waals surface area contributed by atoms with Crippen molar-refractivity contribution in [2.45, 2.75) is 37.3 Å². The van der Waals surface area contributed by atoms with E-state index in [2.05, 4.69) is 11.4 Å². The zero-order valence-electron chi connectivity index (χ0n) is 12.7. The molecule has 2 amide bonds. The summed E-state index contributed by atoms with van der Waals surface area (Å²) >= 11 is 1.97. The molecule has 1 N–H and O–H groups in total. The van der Waals surface area contributed by atoms with Crippen LogP contribution in [-0.4, -0.2) is 42.3 Å². The minimum Gasteiger partial charge on any atom is -0.374 e. The van der Waals surface area contributed by atoms with E-state index in [0.717, 1.165) is 50.3 Å². The molecule has 2 fully saturated rings. The first kappa shape index (κ1) is 14.4. The van der Waals surface area contributed by atoms with Crippen LogP contribution in [0.3, 0.4) is 0 Å². The fourth-order valence-corrected chi connectivity index (χ4v) is 5.19. The van der Waals surface area contributed by atoms with E-state index in [9.17, 15) is 4.79 Å². The number of urea groups is 1. The van der Waals surface area contributed by atoms with E-state index in [4.69, 9.17) is 4.74 Å². The van der Waals surface area contributed by atoms with Crippen molar-refractivity contribution in [1.29, 1.82) is 0 Å². The van der Waals surface area contributed by atoms with Crippen molar-refractivity contribution in [3.63, 3.8) is 0 Å². The Balaban J connectivity index is 1.42. The zero-order valence-corrected chi connectivity index (χ0v) is 13.5. The summed E-state index contributed by atoms with van der Waals surface area (Å²) in [6.07, 6.45) is 3.96. The summed E-state index contributed by atoms with van der Waals surface area (Å²) in [4.78, 5) is 14.5. The van der Waals surface area contributed by atoms with Crippen molar-refractivity contribution in [2.75, 3.05) is 29.6 Å². The lowest BCUT2D eigenvalue weighted by molar-refractivity contribution is -0.0683. The molecule has 1 aromatic rings. The van der Waals surface area contributed by atoms with E-state index in [1.54, 1.807) is 0 Å². The Labute approximate surface area is 135 Å². The molecule has 0 aliphatic carbocycles. The number of benzene rings is 1. The molecule has 3 aliphatic rings. The molecule has 3 aliphatic heterocycles. The van der Waals surface area contributed by atoms with Crippen LogP contribution in [-0.2, 0) is 11.2 Å². The highest BCUT2D eigenvalue weighted by Crippen LogP contribution is 2.38. The highest BCUT2D eigenvalue weighted by molar-refractivity contribution is 7.99. The molecular formula is C17H22N2O2S. The molecule has 1 aromatic carbocycles. The van der Waals surface area contributed by atoms with Crippen molar-refractivity contribution in [3.05, 3.63) is 29.8 Å². The first-order chi connectivity index (χ1) is 10.8. The standard InChI is InChI=1S/C17H22N2O2S/c20-16(19-8-5-13-3-1-2-4-15(13)19)18-14-6-9-21-17(11-14)7-10-22-12-17/h1-4,14H,5-12H2,(H,18,20). The predicted octanol–water partition coefficient (Wildman–Crippen LogP) is 2.81. The fourth-order valence-electron chi connectivity index (χ4n) is 3.82. The molecule has 0 saturated carbocycles. The second-order valence-electron chi connectivity index (χ2n) is 6.50. The molecule has 22 heavy (non-hydrogen) atoms. The number of ether oxygens (including phenoxy) is 1. The summed E-state index contributed by atoms with van der Waals surface area (Å²) in [5, 5.41) is 3.25. The maximum absolute atomic E-state index is 12.6. The molecule has 4 rings (SSSR count). The number of nitrogens with zero attached hydrogens (tertiary/aromatic N) is 1. The lowest BCUT2D eigenvalue weighted by Gasteiger charge is -2.38. The quantitative estimate of drug-likeness (QED) is 0.866. The molecule has 0 bridgehead atoms. The van der Waals surface area contributed by atoms with Gasteiger partial charge in [0.05, 0.1) is 5.60 Å². The molecule has 4 nitrogen and oxygen atoms in total. The van der Waals surface area contributed by atoms with Gasteiger partial charge in [-0.2, -0.15) is 11.8 Å². The number of carbonyl (C=O) groups is 1. The summed E-state index contributed by atoms with van der Waals surface area (Å²) in [5.41, 5.74) is 2.36. The van der Waals surface area contributed by atoms with Crippen molar-refractivity contribution < 1.29 is 9.53 Å². The SMILES string of the molecule is O=C(NC1CCOC2(CCSC2)C1)N1CCc2ccccc21. The number of nitrogens with one attached hydrogen (secondary N) is 1. The lowest BCUT2D eigenvalue weighted by atomic mass is 9.90. The molecule has 1 spiro atoms. The monoisotopic (exact) mass is 318 g/mol.